The fourth-order valence-electron chi connectivity index (χ4n) is 3.79. The number of nitrogens with one attached hydrogen (secondary N) is 1. The maximum atomic E-state index is 13.1. The van der Waals surface area contributed by atoms with Crippen LogP contribution in [0.25, 0.3) is 0 Å². The van der Waals surface area contributed by atoms with Gasteiger partial charge >= 0.3 is 0 Å². The number of carbonyl (C=O) groups excluding carboxylic acids is 1. The van der Waals surface area contributed by atoms with E-state index in [9.17, 15) is 13.2 Å². The van der Waals surface area contributed by atoms with Gasteiger partial charge in [-0.2, -0.15) is 0 Å². The van der Waals surface area contributed by atoms with Gasteiger partial charge in [0.05, 0.1) is 23.4 Å². The van der Waals surface area contributed by atoms with Gasteiger partial charge in [-0.3, -0.25) is 9.52 Å². The number of hydrogen-bond donors (Lipinski definition) is 1. The van der Waals surface area contributed by atoms with Crippen molar-refractivity contribution in [2.45, 2.75) is 4.90 Å². The minimum atomic E-state index is -3.87. The number of rotatable bonds is 6. The predicted molar refractivity (Wildman–Crippen MR) is 130 cm³/mol. The van der Waals surface area contributed by atoms with Crippen LogP contribution in [0.1, 0.15) is 10.4 Å². The van der Waals surface area contributed by atoms with E-state index in [0.29, 0.717) is 42.5 Å². The molecular formula is C24H24ClN3O4S. The molecule has 3 aromatic carbocycles. The summed E-state index contributed by atoms with van der Waals surface area (Å²) in [6.07, 6.45) is 0. The first-order valence-corrected chi connectivity index (χ1v) is 12.3. The number of nitrogens with zero attached hydrogens (tertiary/aromatic N) is 2. The Labute approximate surface area is 198 Å². The van der Waals surface area contributed by atoms with E-state index in [-0.39, 0.29) is 10.8 Å². The van der Waals surface area contributed by atoms with Crippen LogP contribution in [-0.4, -0.2) is 52.5 Å². The number of hydrogen-bond acceptors (Lipinski definition) is 5. The number of methoxy groups -OCH3 is 1. The van der Waals surface area contributed by atoms with Crippen molar-refractivity contribution in [3.8, 4) is 5.75 Å². The van der Waals surface area contributed by atoms with Crippen molar-refractivity contribution >= 4 is 38.9 Å². The summed E-state index contributed by atoms with van der Waals surface area (Å²) >= 11 is 5.94. The number of carbonyl (C=O) groups is 1. The summed E-state index contributed by atoms with van der Waals surface area (Å²) in [5.74, 6) is 0.594. The van der Waals surface area contributed by atoms with Crippen molar-refractivity contribution in [3.05, 3.63) is 83.4 Å². The molecule has 0 aromatic heterocycles. The molecule has 0 bridgehead atoms. The summed E-state index contributed by atoms with van der Waals surface area (Å²) < 4.78 is 33.6. The highest BCUT2D eigenvalue weighted by atomic mass is 35.5. The third-order valence-corrected chi connectivity index (χ3v) is 7.07. The summed E-state index contributed by atoms with van der Waals surface area (Å²) in [6.45, 7) is 2.35. The van der Waals surface area contributed by atoms with Crippen LogP contribution in [0.15, 0.2) is 77.7 Å². The quantitative estimate of drug-likeness (QED) is 0.568. The number of benzene rings is 3. The molecule has 1 N–H and O–H groups in total. The zero-order valence-electron chi connectivity index (χ0n) is 18.1. The van der Waals surface area contributed by atoms with Crippen molar-refractivity contribution in [1.29, 1.82) is 0 Å². The molecule has 1 fully saturated rings. The van der Waals surface area contributed by atoms with Gasteiger partial charge in [0.2, 0.25) is 0 Å². The molecule has 0 radical (unpaired) electrons. The molecule has 0 saturated carbocycles. The van der Waals surface area contributed by atoms with E-state index in [0.717, 1.165) is 11.4 Å². The molecule has 1 amide bonds. The molecule has 1 aliphatic heterocycles. The third-order valence-electron chi connectivity index (χ3n) is 5.46. The van der Waals surface area contributed by atoms with Gasteiger partial charge in [0.1, 0.15) is 5.75 Å². The normalized spacial score (nSPS) is 14.1. The minimum Gasteiger partial charge on any atom is -0.495 e. The van der Waals surface area contributed by atoms with Gasteiger partial charge in [0, 0.05) is 36.8 Å². The fraction of sp³-hybridized carbons (Fsp3) is 0.208. The molecule has 0 aliphatic carbocycles. The molecule has 1 saturated heterocycles. The smallest absolute Gasteiger partial charge is 0.261 e. The van der Waals surface area contributed by atoms with Gasteiger partial charge in [0.15, 0.2) is 0 Å². The molecule has 3 aromatic rings. The molecule has 7 nitrogen and oxygen atoms in total. The van der Waals surface area contributed by atoms with Crippen LogP contribution in [0.3, 0.4) is 0 Å². The van der Waals surface area contributed by atoms with Crippen LogP contribution in [0.4, 0.5) is 11.4 Å². The molecule has 1 aliphatic rings. The van der Waals surface area contributed by atoms with E-state index in [4.69, 9.17) is 16.3 Å². The standard InChI is InChI=1S/C24H24ClN3O4S/c1-32-23-11-3-2-10-22(23)27-12-14-28(15-13-27)24(29)18-6-4-9-21(16-18)33(30,31)26-20-8-5-7-19(25)17-20/h2-11,16-17,26H,12-15H2,1H3. The lowest BCUT2D eigenvalue weighted by atomic mass is 10.1. The number of halogens is 1. The van der Waals surface area contributed by atoms with Crippen LogP contribution >= 0.6 is 11.6 Å². The number of anilines is 2. The first-order valence-electron chi connectivity index (χ1n) is 10.4. The van der Waals surface area contributed by atoms with Crippen LogP contribution in [0.5, 0.6) is 5.75 Å². The average Bonchev–Trinajstić information content (AvgIpc) is 2.83. The molecule has 33 heavy (non-hydrogen) atoms. The number of para-hydroxylation sites is 2. The SMILES string of the molecule is COc1ccccc1N1CCN(C(=O)c2cccc(S(=O)(=O)Nc3cccc(Cl)c3)c2)CC1. The van der Waals surface area contributed by atoms with Crippen molar-refractivity contribution in [2.75, 3.05) is 42.9 Å². The van der Waals surface area contributed by atoms with Crippen molar-refractivity contribution in [2.24, 2.45) is 0 Å². The summed E-state index contributed by atoms with van der Waals surface area (Å²) in [6, 6.07) is 20.3. The van der Waals surface area contributed by atoms with Crippen LogP contribution in [0.2, 0.25) is 5.02 Å². The van der Waals surface area contributed by atoms with Crippen molar-refractivity contribution < 1.29 is 17.9 Å². The molecule has 0 unspecified atom stereocenters. The second-order valence-corrected chi connectivity index (χ2v) is 9.71. The van der Waals surface area contributed by atoms with E-state index in [1.807, 2.05) is 24.3 Å². The third kappa shape index (κ3) is 5.23. The Morgan fingerprint density at radius 2 is 1.67 bits per heavy atom. The Morgan fingerprint density at radius 1 is 0.939 bits per heavy atom. The Morgan fingerprint density at radius 3 is 2.39 bits per heavy atom. The van der Waals surface area contributed by atoms with E-state index in [2.05, 4.69) is 9.62 Å². The molecule has 1 heterocycles. The highest BCUT2D eigenvalue weighted by Gasteiger charge is 2.25. The number of sulfonamides is 1. The highest BCUT2D eigenvalue weighted by Crippen LogP contribution is 2.28. The predicted octanol–water partition coefficient (Wildman–Crippen LogP) is 4.11. The summed E-state index contributed by atoms with van der Waals surface area (Å²) in [7, 11) is -2.23. The second-order valence-electron chi connectivity index (χ2n) is 7.59. The highest BCUT2D eigenvalue weighted by molar-refractivity contribution is 7.92. The van der Waals surface area contributed by atoms with Crippen LogP contribution in [0, 0.1) is 0 Å². The van der Waals surface area contributed by atoms with Crippen LogP contribution < -0.4 is 14.4 Å². The lowest BCUT2D eigenvalue weighted by Gasteiger charge is -2.36. The molecule has 0 spiro atoms. The molecule has 4 rings (SSSR count). The van der Waals surface area contributed by atoms with Gasteiger partial charge in [-0.05, 0) is 48.5 Å². The average molecular weight is 486 g/mol. The monoisotopic (exact) mass is 485 g/mol. The maximum absolute atomic E-state index is 13.1. The first kappa shape index (κ1) is 22.9. The molecule has 172 valence electrons. The zero-order valence-corrected chi connectivity index (χ0v) is 19.6. The number of piperazine rings is 1. The number of ether oxygens (including phenoxy) is 1. The maximum Gasteiger partial charge on any atom is 0.261 e. The fourth-order valence-corrected chi connectivity index (χ4v) is 5.07. The zero-order chi connectivity index (χ0) is 23.4. The van der Waals surface area contributed by atoms with Gasteiger partial charge in [-0.15, -0.1) is 0 Å². The van der Waals surface area contributed by atoms with Gasteiger partial charge in [-0.1, -0.05) is 35.9 Å². The Balaban J connectivity index is 1.46. The van der Waals surface area contributed by atoms with E-state index < -0.39 is 10.0 Å². The minimum absolute atomic E-state index is 0.0148. The van der Waals surface area contributed by atoms with Crippen molar-refractivity contribution in [1.82, 2.24) is 4.90 Å². The first-order chi connectivity index (χ1) is 15.9. The number of amides is 1. The van der Waals surface area contributed by atoms with Gasteiger partial charge < -0.3 is 14.5 Å². The van der Waals surface area contributed by atoms with E-state index >= 15 is 0 Å². The molecular weight excluding hydrogens is 462 g/mol. The van der Waals surface area contributed by atoms with Gasteiger partial charge in [0.25, 0.3) is 15.9 Å². The Kier molecular flexibility index (Phi) is 6.76. The second kappa shape index (κ2) is 9.72. The summed E-state index contributed by atoms with van der Waals surface area (Å²) in [5.41, 5.74) is 1.67. The molecule has 0 atom stereocenters. The van der Waals surface area contributed by atoms with Crippen LogP contribution in [-0.2, 0) is 10.0 Å². The van der Waals surface area contributed by atoms with E-state index in [1.165, 1.54) is 18.2 Å². The lowest BCUT2D eigenvalue weighted by molar-refractivity contribution is 0.0746. The molecule has 9 heteroatoms. The Bertz CT molecular complexity index is 1260. The van der Waals surface area contributed by atoms with Crippen molar-refractivity contribution in [3.63, 3.8) is 0 Å². The van der Waals surface area contributed by atoms with E-state index in [1.54, 1.807) is 42.3 Å². The largest absolute Gasteiger partial charge is 0.495 e. The lowest BCUT2D eigenvalue weighted by Crippen LogP contribution is -2.48. The van der Waals surface area contributed by atoms with Gasteiger partial charge in [-0.25, -0.2) is 8.42 Å². The summed E-state index contributed by atoms with van der Waals surface area (Å²) in [5, 5.41) is 0.423. The Hall–Kier alpha value is -3.23. The topological polar surface area (TPSA) is 79.0 Å². The summed E-state index contributed by atoms with van der Waals surface area (Å²) in [4.78, 5) is 17.0.